The average molecular weight is 355 g/mol. The van der Waals surface area contributed by atoms with Crippen LogP contribution in [0.1, 0.15) is 44.9 Å². The summed E-state index contributed by atoms with van der Waals surface area (Å²) in [5.74, 6) is 1.85. The van der Waals surface area contributed by atoms with E-state index in [1.807, 2.05) is 6.07 Å². The van der Waals surface area contributed by atoms with Gasteiger partial charge in [0.2, 0.25) is 5.91 Å². The summed E-state index contributed by atoms with van der Waals surface area (Å²) in [7, 11) is 1.70. The summed E-state index contributed by atoms with van der Waals surface area (Å²) in [5.41, 5.74) is 0. The molecule has 3 aliphatic rings. The molecule has 4 rings (SSSR count). The van der Waals surface area contributed by atoms with Crippen LogP contribution in [0.3, 0.4) is 0 Å². The molecule has 1 saturated carbocycles. The second-order valence-electron chi connectivity index (χ2n) is 8.08. The predicted molar refractivity (Wildman–Crippen MR) is 102 cm³/mol. The van der Waals surface area contributed by atoms with Crippen molar-refractivity contribution in [1.82, 2.24) is 4.90 Å². The topological polar surface area (TPSA) is 49.8 Å². The van der Waals surface area contributed by atoms with Crippen LogP contribution in [-0.4, -0.2) is 41.7 Å². The summed E-state index contributed by atoms with van der Waals surface area (Å²) in [5, 5.41) is 12.2. The molecular weight excluding hydrogens is 326 g/mol. The Kier molecular flexibility index (Phi) is 5.03. The number of methoxy groups -OCH3 is 1. The molecule has 0 spiro atoms. The molecule has 1 heterocycles. The number of carbonyl (C=O) groups excluding carboxylic acids is 1. The Balaban J connectivity index is 1.40. The number of amides is 1. The number of benzene rings is 1. The number of rotatable bonds is 4. The van der Waals surface area contributed by atoms with Crippen LogP contribution in [0.2, 0.25) is 0 Å². The molecule has 4 heteroatoms. The number of nitrogens with zero attached hydrogens (tertiary/aromatic N) is 1. The van der Waals surface area contributed by atoms with Gasteiger partial charge < -0.3 is 14.7 Å². The van der Waals surface area contributed by atoms with Gasteiger partial charge in [0.1, 0.15) is 5.75 Å². The van der Waals surface area contributed by atoms with E-state index in [9.17, 15) is 9.90 Å². The molecule has 26 heavy (non-hydrogen) atoms. The minimum Gasteiger partial charge on any atom is -0.497 e. The van der Waals surface area contributed by atoms with Gasteiger partial charge in [0, 0.05) is 18.5 Å². The number of likely N-dealkylation sites (tertiary alicyclic amines) is 1. The zero-order valence-electron chi connectivity index (χ0n) is 15.6. The maximum Gasteiger partial charge on any atom is 0.226 e. The quantitative estimate of drug-likeness (QED) is 0.896. The van der Waals surface area contributed by atoms with Gasteiger partial charge in [0.25, 0.3) is 0 Å². The molecule has 1 aromatic rings. The third kappa shape index (κ3) is 3.52. The molecule has 2 atom stereocenters. The van der Waals surface area contributed by atoms with Crippen molar-refractivity contribution in [2.75, 3.05) is 13.7 Å². The highest BCUT2D eigenvalue weighted by atomic mass is 16.5. The van der Waals surface area contributed by atoms with Gasteiger partial charge in [-0.1, -0.05) is 18.2 Å². The van der Waals surface area contributed by atoms with Crippen molar-refractivity contribution < 1.29 is 14.6 Å². The number of aliphatic hydroxyl groups is 1. The number of carbonyl (C=O) groups is 1. The van der Waals surface area contributed by atoms with E-state index in [0.717, 1.165) is 57.2 Å². The first-order valence-corrected chi connectivity index (χ1v) is 9.98. The van der Waals surface area contributed by atoms with Crippen LogP contribution >= 0.6 is 0 Å². The lowest BCUT2D eigenvalue weighted by atomic mass is 9.87. The zero-order chi connectivity index (χ0) is 18.1. The monoisotopic (exact) mass is 355 g/mol. The fourth-order valence-electron chi connectivity index (χ4n) is 4.85. The fraction of sp³-hybridized carbons (Fsp3) is 0.591. The van der Waals surface area contributed by atoms with Gasteiger partial charge in [-0.25, -0.2) is 0 Å². The molecule has 1 saturated heterocycles. The first-order chi connectivity index (χ1) is 12.6. The van der Waals surface area contributed by atoms with Crippen molar-refractivity contribution in [3.05, 3.63) is 28.6 Å². The summed E-state index contributed by atoms with van der Waals surface area (Å²) in [4.78, 5) is 15.0. The second kappa shape index (κ2) is 7.43. The standard InChI is InChI=1S/C22H29NO3/c1-26-21-9-4-16-12-15(2-3-17(16)14-21)13-18-10-11-23(22(18)25)19-5-7-20(24)8-6-19/h3-4,9,12,14-15,18-20,24H,2,5-8,10-11,13H2,1H3. The van der Waals surface area contributed by atoms with Gasteiger partial charge in [0.05, 0.1) is 13.2 Å². The maximum absolute atomic E-state index is 12.9. The third-order valence-corrected chi connectivity index (χ3v) is 6.39. The number of aliphatic hydroxyl groups excluding tert-OH is 1. The number of hydrogen-bond acceptors (Lipinski definition) is 3. The first-order valence-electron chi connectivity index (χ1n) is 9.98. The van der Waals surface area contributed by atoms with Crippen LogP contribution in [0.15, 0.2) is 18.2 Å². The van der Waals surface area contributed by atoms with Gasteiger partial charge >= 0.3 is 0 Å². The molecular formula is C22H29NO3. The molecule has 2 aliphatic carbocycles. The maximum atomic E-state index is 12.9. The van der Waals surface area contributed by atoms with Crippen molar-refractivity contribution in [3.8, 4) is 5.75 Å². The van der Waals surface area contributed by atoms with Crippen LogP contribution in [-0.2, 0) is 4.79 Å². The number of ether oxygens (including phenoxy) is 1. The Labute approximate surface area is 155 Å². The Hall–Kier alpha value is -1.81. The van der Waals surface area contributed by atoms with E-state index in [2.05, 4.69) is 29.2 Å². The zero-order valence-corrected chi connectivity index (χ0v) is 15.6. The molecule has 0 radical (unpaired) electrons. The lowest BCUT2D eigenvalue weighted by Gasteiger charge is -2.33. The molecule has 4 nitrogen and oxygen atoms in total. The minimum atomic E-state index is -0.161. The van der Waals surface area contributed by atoms with E-state index >= 15 is 0 Å². The molecule has 2 unspecified atom stereocenters. The van der Waals surface area contributed by atoms with Gasteiger partial charge in [-0.15, -0.1) is 0 Å². The molecule has 1 N–H and O–H groups in total. The Morgan fingerprint density at radius 3 is 2.73 bits per heavy atom. The highest BCUT2D eigenvalue weighted by molar-refractivity contribution is 5.81. The lowest BCUT2D eigenvalue weighted by molar-refractivity contribution is -0.134. The molecule has 0 bridgehead atoms. The highest BCUT2D eigenvalue weighted by Crippen LogP contribution is 2.33. The molecule has 140 valence electrons. The first kappa shape index (κ1) is 17.6. The molecule has 1 aliphatic heterocycles. The smallest absolute Gasteiger partial charge is 0.226 e. The van der Waals surface area contributed by atoms with Crippen molar-refractivity contribution >= 4 is 18.1 Å². The van der Waals surface area contributed by atoms with Crippen LogP contribution in [0, 0.1) is 11.8 Å². The van der Waals surface area contributed by atoms with Gasteiger partial charge in [-0.3, -0.25) is 4.79 Å². The molecule has 0 aromatic heterocycles. The van der Waals surface area contributed by atoms with E-state index < -0.39 is 0 Å². The molecule has 2 fully saturated rings. The Morgan fingerprint density at radius 2 is 1.96 bits per heavy atom. The molecule has 1 amide bonds. The van der Waals surface area contributed by atoms with Crippen molar-refractivity contribution in [3.63, 3.8) is 0 Å². The molecule has 1 aromatic carbocycles. The Morgan fingerprint density at radius 1 is 1.15 bits per heavy atom. The van der Waals surface area contributed by atoms with Crippen molar-refractivity contribution in [2.24, 2.45) is 11.8 Å². The average Bonchev–Trinajstić information content (AvgIpc) is 3.02. The van der Waals surface area contributed by atoms with Crippen LogP contribution in [0.25, 0.3) is 12.2 Å². The highest BCUT2D eigenvalue weighted by Gasteiger charge is 2.37. The van der Waals surface area contributed by atoms with Gasteiger partial charge in [-0.2, -0.15) is 0 Å². The van der Waals surface area contributed by atoms with E-state index in [1.165, 1.54) is 10.4 Å². The van der Waals surface area contributed by atoms with Gasteiger partial charge in [-0.05, 0) is 73.4 Å². The number of hydrogen-bond donors (Lipinski definition) is 1. The van der Waals surface area contributed by atoms with E-state index in [1.54, 1.807) is 7.11 Å². The normalized spacial score (nSPS) is 31.2. The largest absolute Gasteiger partial charge is 0.497 e. The summed E-state index contributed by atoms with van der Waals surface area (Å²) in [6.07, 6.45) is 11.0. The lowest BCUT2D eigenvalue weighted by Crippen LogP contribution is -2.41. The summed E-state index contributed by atoms with van der Waals surface area (Å²) in [6.45, 7) is 0.897. The second-order valence-corrected chi connectivity index (χ2v) is 8.08. The SMILES string of the molecule is COc1ccc2c(c1)=CCC(CC1CCN(C3CCC(O)CC3)C1=O)C=2. The van der Waals surface area contributed by atoms with E-state index in [-0.39, 0.29) is 12.0 Å². The van der Waals surface area contributed by atoms with Crippen molar-refractivity contribution in [2.45, 2.75) is 57.1 Å². The van der Waals surface area contributed by atoms with Gasteiger partial charge in [0.15, 0.2) is 0 Å². The van der Waals surface area contributed by atoms with E-state index in [0.29, 0.717) is 17.9 Å². The van der Waals surface area contributed by atoms with Crippen molar-refractivity contribution in [1.29, 1.82) is 0 Å². The van der Waals surface area contributed by atoms with Crippen LogP contribution < -0.4 is 15.2 Å². The third-order valence-electron chi connectivity index (χ3n) is 6.39. The number of fused-ring (bicyclic) bond motifs is 1. The van der Waals surface area contributed by atoms with Crippen LogP contribution in [0.4, 0.5) is 0 Å². The predicted octanol–water partition coefficient (Wildman–Crippen LogP) is 1.82. The Bertz CT molecular complexity index is 779. The minimum absolute atomic E-state index is 0.161. The summed E-state index contributed by atoms with van der Waals surface area (Å²) < 4.78 is 5.31. The summed E-state index contributed by atoms with van der Waals surface area (Å²) in [6, 6.07) is 6.56. The summed E-state index contributed by atoms with van der Waals surface area (Å²) >= 11 is 0. The van der Waals surface area contributed by atoms with Crippen LogP contribution in [0.5, 0.6) is 5.75 Å². The fourth-order valence-corrected chi connectivity index (χ4v) is 4.85. The van der Waals surface area contributed by atoms with E-state index in [4.69, 9.17) is 4.74 Å².